The molecular weight excluding hydrogens is 250 g/mol. The van der Waals surface area contributed by atoms with Gasteiger partial charge in [0.25, 0.3) is 5.91 Å². The van der Waals surface area contributed by atoms with Gasteiger partial charge < -0.3 is 10.6 Å². The van der Waals surface area contributed by atoms with E-state index in [2.05, 4.69) is 4.98 Å². The summed E-state index contributed by atoms with van der Waals surface area (Å²) in [7, 11) is 1.80. The molecule has 0 atom stereocenters. The highest BCUT2D eigenvalue weighted by Crippen LogP contribution is 2.15. The van der Waals surface area contributed by atoms with Gasteiger partial charge >= 0.3 is 0 Å². The molecular formula is C16H19N3O. The number of amides is 1. The number of carbonyl (C=O) groups is 1. The first-order valence-electron chi connectivity index (χ1n) is 6.58. The molecule has 0 saturated carbocycles. The number of rotatable bonds is 4. The Bertz CT molecular complexity index is 596. The van der Waals surface area contributed by atoms with E-state index >= 15 is 0 Å². The van der Waals surface area contributed by atoms with E-state index in [-0.39, 0.29) is 5.91 Å². The molecule has 1 aromatic heterocycles. The molecule has 0 bridgehead atoms. The molecule has 4 nitrogen and oxygen atoms in total. The van der Waals surface area contributed by atoms with Crippen molar-refractivity contribution >= 4 is 11.6 Å². The summed E-state index contributed by atoms with van der Waals surface area (Å²) in [6.45, 7) is 2.60. The van der Waals surface area contributed by atoms with Gasteiger partial charge in [-0.1, -0.05) is 11.6 Å². The molecule has 4 heteroatoms. The molecule has 1 heterocycles. The lowest BCUT2D eigenvalue weighted by Gasteiger charge is -2.18. The highest BCUT2D eigenvalue weighted by atomic mass is 16.2. The van der Waals surface area contributed by atoms with Crippen LogP contribution in [0, 0.1) is 6.92 Å². The van der Waals surface area contributed by atoms with Crippen molar-refractivity contribution < 1.29 is 4.79 Å². The number of likely N-dealkylation sites (N-methyl/N-ethyl adjacent to an activating group) is 1. The molecule has 0 aliphatic heterocycles. The molecule has 2 rings (SSSR count). The van der Waals surface area contributed by atoms with Gasteiger partial charge in [-0.25, -0.2) is 0 Å². The van der Waals surface area contributed by atoms with E-state index in [9.17, 15) is 4.79 Å². The zero-order chi connectivity index (χ0) is 14.5. The van der Waals surface area contributed by atoms with E-state index in [4.69, 9.17) is 5.73 Å². The molecule has 0 aliphatic carbocycles. The van der Waals surface area contributed by atoms with Crippen molar-refractivity contribution in [2.75, 3.05) is 19.3 Å². The second kappa shape index (κ2) is 6.19. The molecule has 0 saturated heterocycles. The van der Waals surface area contributed by atoms with Crippen LogP contribution in [0.3, 0.4) is 0 Å². The van der Waals surface area contributed by atoms with Crippen molar-refractivity contribution in [3.8, 4) is 0 Å². The Morgan fingerprint density at radius 1 is 1.25 bits per heavy atom. The molecule has 0 unspecified atom stereocenters. The summed E-state index contributed by atoms with van der Waals surface area (Å²) in [6, 6.07) is 9.43. The third kappa shape index (κ3) is 3.35. The fourth-order valence-corrected chi connectivity index (χ4v) is 2.01. The van der Waals surface area contributed by atoms with Crippen LogP contribution in [-0.4, -0.2) is 29.4 Å². The van der Waals surface area contributed by atoms with Crippen molar-refractivity contribution in [2.24, 2.45) is 0 Å². The van der Waals surface area contributed by atoms with Crippen LogP contribution in [0.5, 0.6) is 0 Å². The maximum atomic E-state index is 12.4. The smallest absolute Gasteiger partial charge is 0.255 e. The number of anilines is 1. The summed E-state index contributed by atoms with van der Waals surface area (Å²) < 4.78 is 0. The van der Waals surface area contributed by atoms with E-state index < -0.39 is 0 Å². The highest BCUT2D eigenvalue weighted by Gasteiger charge is 2.14. The maximum absolute atomic E-state index is 12.4. The predicted octanol–water partition coefficient (Wildman–Crippen LogP) is 2.29. The first-order chi connectivity index (χ1) is 9.58. The normalized spacial score (nSPS) is 10.3. The third-order valence-corrected chi connectivity index (χ3v) is 3.27. The van der Waals surface area contributed by atoms with Crippen LogP contribution in [-0.2, 0) is 6.42 Å². The van der Waals surface area contributed by atoms with Crippen molar-refractivity contribution in [3.63, 3.8) is 0 Å². The third-order valence-electron chi connectivity index (χ3n) is 3.27. The topological polar surface area (TPSA) is 59.2 Å². The summed E-state index contributed by atoms with van der Waals surface area (Å²) >= 11 is 0. The number of carbonyl (C=O) groups excluding carboxylic acids is 1. The molecule has 2 aromatic rings. The summed E-state index contributed by atoms with van der Waals surface area (Å²) in [4.78, 5) is 18.1. The van der Waals surface area contributed by atoms with Crippen LogP contribution in [0.25, 0.3) is 0 Å². The fraction of sp³-hybridized carbons (Fsp3) is 0.250. The molecule has 20 heavy (non-hydrogen) atoms. The Morgan fingerprint density at radius 2 is 1.95 bits per heavy atom. The average Bonchev–Trinajstić information content (AvgIpc) is 2.47. The zero-order valence-electron chi connectivity index (χ0n) is 11.8. The lowest BCUT2D eigenvalue weighted by atomic mass is 10.1. The molecule has 1 amide bonds. The Balaban J connectivity index is 2.03. The summed E-state index contributed by atoms with van der Waals surface area (Å²) in [5.41, 5.74) is 9.17. The lowest BCUT2D eigenvalue weighted by molar-refractivity contribution is 0.0797. The van der Waals surface area contributed by atoms with E-state index in [0.29, 0.717) is 17.8 Å². The van der Waals surface area contributed by atoms with Gasteiger partial charge in [-0.15, -0.1) is 0 Å². The molecule has 2 N–H and O–H groups in total. The van der Waals surface area contributed by atoms with Gasteiger partial charge in [0, 0.05) is 31.7 Å². The number of nitrogen functional groups attached to an aromatic ring is 1. The van der Waals surface area contributed by atoms with Crippen molar-refractivity contribution in [1.82, 2.24) is 9.88 Å². The zero-order valence-corrected chi connectivity index (χ0v) is 11.8. The van der Waals surface area contributed by atoms with E-state index in [1.807, 2.05) is 31.2 Å². The monoisotopic (exact) mass is 269 g/mol. The molecule has 1 aromatic carbocycles. The highest BCUT2D eigenvalue weighted by molar-refractivity contribution is 5.99. The first kappa shape index (κ1) is 14.1. The SMILES string of the molecule is Cc1ccc(N)c(C(=O)N(C)CCc2ccncc2)c1. The number of aromatic nitrogens is 1. The van der Waals surface area contributed by atoms with Gasteiger partial charge in [0.1, 0.15) is 0 Å². The van der Waals surface area contributed by atoms with E-state index in [1.54, 1.807) is 30.4 Å². The number of nitrogens with zero attached hydrogens (tertiary/aromatic N) is 2. The summed E-state index contributed by atoms with van der Waals surface area (Å²) in [5.74, 6) is -0.0414. The van der Waals surface area contributed by atoms with Crippen molar-refractivity contribution in [2.45, 2.75) is 13.3 Å². The number of benzene rings is 1. The Morgan fingerprint density at radius 3 is 2.65 bits per heavy atom. The van der Waals surface area contributed by atoms with Crippen LogP contribution in [0.1, 0.15) is 21.5 Å². The summed E-state index contributed by atoms with van der Waals surface area (Å²) in [5, 5.41) is 0. The van der Waals surface area contributed by atoms with Gasteiger partial charge in [0.2, 0.25) is 0 Å². The van der Waals surface area contributed by atoms with Crippen molar-refractivity contribution in [1.29, 1.82) is 0 Å². The maximum Gasteiger partial charge on any atom is 0.255 e. The number of aryl methyl sites for hydroxylation is 1. The van der Waals surface area contributed by atoms with Crippen molar-refractivity contribution in [3.05, 3.63) is 59.4 Å². The minimum atomic E-state index is -0.0414. The number of hydrogen-bond acceptors (Lipinski definition) is 3. The quantitative estimate of drug-likeness (QED) is 0.866. The molecule has 0 radical (unpaired) electrons. The Labute approximate surface area is 119 Å². The van der Waals surface area contributed by atoms with Gasteiger partial charge in [-0.05, 0) is 43.2 Å². The van der Waals surface area contributed by atoms with Crippen LogP contribution in [0.15, 0.2) is 42.7 Å². The van der Waals surface area contributed by atoms with E-state index in [1.165, 1.54) is 0 Å². The first-order valence-corrected chi connectivity index (χ1v) is 6.58. The minimum absolute atomic E-state index is 0.0414. The van der Waals surface area contributed by atoms with Crippen LogP contribution >= 0.6 is 0 Å². The summed E-state index contributed by atoms with van der Waals surface area (Å²) in [6.07, 6.45) is 4.32. The Hall–Kier alpha value is -2.36. The minimum Gasteiger partial charge on any atom is -0.398 e. The van der Waals surface area contributed by atoms with Crippen LogP contribution < -0.4 is 5.73 Å². The van der Waals surface area contributed by atoms with Gasteiger partial charge in [0.15, 0.2) is 0 Å². The van der Waals surface area contributed by atoms with Gasteiger partial charge in [-0.3, -0.25) is 9.78 Å². The molecule has 0 aliphatic rings. The number of hydrogen-bond donors (Lipinski definition) is 1. The second-order valence-corrected chi connectivity index (χ2v) is 4.92. The largest absolute Gasteiger partial charge is 0.398 e. The Kier molecular flexibility index (Phi) is 4.35. The number of pyridine rings is 1. The second-order valence-electron chi connectivity index (χ2n) is 4.92. The number of nitrogens with two attached hydrogens (primary N) is 1. The van der Waals surface area contributed by atoms with Gasteiger partial charge in [-0.2, -0.15) is 0 Å². The van der Waals surface area contributed by atoms with E-state index in [0.717, 1.165) is 17.5 Å². The fourth-order valence-electron chi connectivity index (χ4n) is 2.01. The lowest BCUT2D eigenvalue weighted by Crippen LogP contribution is -2.29. The van der Waals surface area contributed by atoms with Crippen LogP contribution in [0.2, 0.25) is 0 Å². The standard InChI is InChI=1S/C16H19N3O/c1-12-3-4-15(17)14(11-12)16(20)19(2)10-7-13-5-8-18-9-6-13/h3-6,8-9,11H,7,10,17H2,1-2H3. The van der Waals surface area contributed by atoms with Crippen LogP contribution in [0.4, 0.5) is 5.69 Å². The van der Waals surface area contributed by atoms with Gasteiger partial charge in [0.05, 0.1) is 5.56 Å². The predicted molar refractivity (Wildman–Crippen MR) is 80.5 cm³/mol. The molecule has 0 spiro atoms. The average molecular weight is 269 g/mol. The molecule has 104 valence electrons. The molecule has 0 fully saturated rings.